The summed E-state index contributed by atoms with van der Waals surface area (Å²) in [5, 5.41) is 0.822. The van der Waals surface area contributed by atoms with Crippen LogP contribution in [0.4, 0.5) is 17.6 Å². The molecule has 0 saturated carbocycles. The number of halogens is 5. The van der Waals surface area contributed by atoms with Crippen molar-refractivity contribution in [2.75, 3.05) is 0 Å². The normalized spacial score (nSPS) is 13.6. The maximum atomic E-state index is 13.6. The molecule has 2 rings (SSSR count). The van der Waals surface area contributed by atoms with E-state index in [2.05, 4.69) is 0 Å². The molecule has 6 heteroatoms. The van der Waals surface area contributed by atoms with Crippen LogP contribution in [-0.4, -0.2) is 0 Å². The molecule has 0 aliphatic heterocycles. The van der Waals surface area contributed by atoms with Gasteiger partial charge in [-0.05, 0) is 29.6 Å². The second-order valence-electron chi connectivity index (χ2n) is 3.61. The maximum absolute atomic E-state index is 13.6. The first-order valence-corrected chi connectivity index (χ1v) is 6.25. The van der Waals surface area contributed by atoms with Gasteiger partial charge in [-0.15, -0.1) is 22.9 Å². The van der Waals surface area contributed by atoms with Crippen LogP contribution in [0.15, 0.2) is 35.7 Å². The van der Waals surface area contributed by atoms with Gasteiger partial charge in [-0.1, -0.05) is 6.07 Å². The predicted octanol–water partition coefficient (Wildman–Crippen LogP) is 5.23. The molecule has 0 N–H and O–H groups in total. The van der Waals surface area contributed by atoms with E-state index in [1.165, 1.54) is 11.3 Å². The fraction of sp³-hybridized carbons (Fsp3) is 0.167. The Balaban J connectivity index is 2.44. The minimum atomic E-state index is -4.51. The molecule has 0 radical (unpaired) electrons. The minimum Gasteiger partial charge on any atom is -0.207 e. The summed E-state index contributed by atoms with van der Waals surface area (Å²) >= 11 is 7.27. The lowest BCUT2D eigenvalue weighted by atomic mass is 10.1. The number of alkyl halides is 4. The predicted molar refractivity (Wildman–Crippen MR) is 63.4 cm³/mol. The Kier molecular flexibility index (Phi) is 3.64. The van der Waals surface area contributed by atoms with Crippen LogP contribution < -0.4 is 0 Å². The van der Waals surface area contributed by atoms with E-state index in [-0.39, 0.29) is 5.56 Å². The third-order valence-corrected chi connectivity index (χ3v) is 3.93. The largest absolute Gasteiger partial charge is 0.416 e. The van der Waals surface area contributed by atoms with Crippen molar-refractivity contribution in [2.45, 2.75) is 11.6 Å². The van der Waals surface area contributed by atoms with Gasteiger partial charge >= 0.3 is 6.18 Å². The average Bonchev–Trinajstić information content (AvgIpc) is 2.80. The van der Waals surface area contributed by atoms with Gasteiger partial charge in [-0.25, -0.2) is 4.39 Å². The van der Waals surface area contributed by atoms with Crippen molar-refractivity contribution in [3.8, 4) is 0 Å². The molecular weight excluding hydrogens is 288 g/mol. The second-order valence-corrected chi connectivity index (χ2v) is 5.03. The Hall–Kier alpha value is -1.07. The van der Waals surface area contributed by atoms with E-state index in [0.29, 0.717) is 10.9 Å². The molecule has 0 saturated heterocycles. The Morgan fingerprint density at radius 1 is 1.17 bits per heavy atom. The SMILES string of the molecule is Fc1ccc(C(F)(F)F)cc1C(Cl)c1cccs1. The molecule has 1 heterocycles. The van der Waals surface area contributed by atoms with E-state index >= 15 is 0 Å². The summed E-state index contributed by atoms with van der Waals surface area (Å²) in [5.41, 5.74) is -1.06. The molecule has 0 nitrogen and oxygen atoms in total. The van der Waals surface area contributed by atoms with Crippen LogP contribution in [0, 0.1) is 5.82 Å². The second kappa shape index (κ2) is 4.90. The van der Waals surface area contributed by atoms with Crippen molar-refractivity contribution < 1.29 is 17.6 Å². The molecule has 0 aliphatic carbocycles. The van der Waals surface area contributed by atoms with Gasteiger partial charge in [0, 0.05) is 10.4 Å². The van der Waals surface area contributed by atoms with Gasteiger partial charge in [-0.2, -0.15) is 13.2 Å². The first-order valence-electron chi connectivity index (χ1n) is 4.93. The Morgan fingerprint density at radius 3 is 2.44 bits per heavy atom. The lowest BCUT2D eigenvalue weighted by molar-refractivity contribution is -0.137. The smallest absolute Gasteiger partial charge is 0.207 e. The molecule has 18 heavy (non-hydrogen) atoms. The van der Waals surface area contributed by atoms with E-state index in [0.717, 1.165) is 12.1 Å². The summed E-state index contributed by atoms with van der Waals surface area (Å²) in [6, 6.07) is 5.62. The third-order valence-electron chi connectivity index (χ3n) is 2.39. The van der Waals surface area contributed by atoms with Gasteiger partial charge in [0.1, 0.15) is 5.82 Å². The number of rotatable bonds is 2. The highest BCUT2D eigenvalue weighted by atomic mass is 35.5. The highest BCUT2D eigenvalue weighted by Gasteiger charge is 2.32. The summed E-state index contributed by atoms with van der Waals surface area (Å²) in [5.74, 6) is -0.739. The van der Waals surface area contributed by atoms with E-state index < -0.39 is 22.9 Å². The quantitative estimate of drug-likeness (QED) is 0.525. The number of hydrogen-bond donors (Lipinski definition) is 0. The minimum absolute atomic E-state index is 0.158. The summed E-state index contributed by atoms with van der Waals surface area (Å²) in [7, 11) is 0. The van der Waals surface area contributed by atoms with Crippen molar-refractivity contribution in [3.63, 3.8) is 0 Å². The summed E-state index contributed by atoms with van der Waals surface area (Å²) in [6.07, 6.45) is -4.51. The molecule has 0 aliphatic rings. The Morgan fingerprint density at radius 2 is 1.89 bits per heavy atom. The molecule has 1 aromatic heterocycles. The molecule has 1 unspecified atom stereocenters. The molecule has 0 bridgehead atoms. The third kappa shape index (κ3) is 2.67. The van der Waals surface area contributed by atoms with Gasteiger partial charge in [0.15, 0.2) is 0 Å². The summed E-state index contributed by atoms with van der Waals surface area (Å²) < 4.78 is 51.2. The maximum Gasteiger partial charge on any atom is 0.416 e. The van der Waals surface area contributed by atoms with Gasteiger partial charge in [0.05, 0.1) is 10.9 Å². The number of thiophene rings is 1. The molecule has 96 valence electrons. The standard InChI is InChI=1S/C12H7ClF4S/c13-11(10-2-1-5-18-10)8-6-7(12(15,16)17)3-4-9(8)14/h1-6,11H. The van der Waals surface area contributed by atoms with Crippen molar-refractivity contribution in [1.29, 1.82) is 0 Å². The Bertz CT molecular complexity index is 534. The monoisotopic (exact) mass is 294 g/mol. The van der Waals surface area contributed by atoms with Crippen LogP contribution in [-0.2, 0) is 6.18 Å². The lowest BCUT2D eigenvalue weighted by Crippen LogP contribution is -2.07. The molecule has 2 aromatic rings. The van der Waals surface area contributed by atoms with Crippen LogP contribution in [0.2, 0.25) is 0 Å². The van der Waals surface area contributed by atoms with Gasteiger partial charge in [0.25, 0.3) is 0 Å². The topological polar surface area (TPSA) is 0 Å². The van der Waals surface area contributed by atoms with Crippen LogP contribution >= 0.6 is 22.9 Å². The molecule has 1 aromatic carbocycles. The molecule has 0 spiro atoms. The zero-order valence-corrected chi connectivity index (χ0v) is 10.4. The average molecular weight is 295 g/mol. The number of benzene rings is 1. The lowest BCUT2D eigenvalue weighted by Gasteiger charge is -2.13. The summed E-state index contributed by atoms with van der Waals surface area (Å²) in [6.45, 7) is 0. The first-order chi connectivity index (χ1) is 8.39. The fourth-order valence-electron chi connectivity index (χ4n) is 1.50. The van der Waals surface area contributed by atoms with E-state index in [1.54, 1.807) is 17.5 Å². The zero-order chi connectivity index (χ0) is 13.3. The summed E-state index contributed by atoms with van der Waals surface area (Å²) in [4.78, 5) is 0.606. The highest BCUT2D eigenvalue weighted by molar-refractivity contribution is 7.10. The van der Waals surface area contributed by atoms with E-state index in [9.17, 15) is 17.6 Å². The molecule has 0 fully saturated rings. The molecule has 0 amide bonds. The fourth-order valence-corrected chi connectivity index (χ4v) is 2.62. The zero-order valence-electron chi connectivity index (χ0n) is 8.84. The Labute approximate surface area is 110 Å². The van der Waals surface area contributed by atoms with Gasteiger partial charge in [0.2, 0.25) is 0 Å². The van der Waals surface area contributed by atoms with Crippen molar-refractivity contribution in [2.24, 2.45) is 0 Å². The van der Waals surface area contributed by atoms with E-state index in [4.69, 9.17) is 11.6 Å². The highest BCUT2D eigenvalue weighted by Crippen LogP contribution is 2.37. The van der Waals surface area contributed by atoms with Crippen LogP contribution in [0.3, 0.4) is 0 Å². The first kappa shape index (κ1) is 13.4. The van der Waals surface area contributed by atoms with E-state index in [1.807, 2.05) is 0 Å². The van der Waals surface area contributed by atoms with Crippen LogP contribution in [0.1, 0.15) is 21.4 Å². The van der Waals surface area contributed by atoms with Gasteiger partial charge < -0.3 is 0 Å². The number of hydrogen-bond acceptors (Lipinski definition) is 1. The molecular formula is C12H7ClF4S. The molecule has 1 atom stereocenters. The van der Waals surface area contributed by atoms with Crippen molar-refractivity contribution in [3.05, 3.63) is 57.5 Å². The van der Waals surface area contributed by atoms with Crippen LogP contribution in [0.25, 0.3) is 0 Å². The van der Waals surface area contributed by atoms with Gasteiger partial charge in [-0.3, -0.25) is 0 Å². The van der Waals surface area contributed by atoms with Crippen molar-refractivity contribution >= 4 is 22.9 Å². The van der Waals surface area contributed by atoms with Crippen molar-refractivity contribution in [1.82, 2.24) is 0 Å². The van der Waals surface area contributed by atoms with Crippen LogP contribution in [0.5, 0.6) is 0 Å².